The third-order valence-corrected chi connectivity index (χ3v) is 6.14. The predicted octanol–water partition coefficient (Wildman–Crippen LogP) is 6.14. The summed E-state index contributed by atoms with van der Waals surface area (Å²) in [4.78, 5) is 33.9. The van der Waals surface area contributed by atoms with E-state index in [1.165, 1.54) is 19.3 Å². The number of imide groups is 1. The van der Waals surface area contributed by atoms with E-state index in [9.17, 15) is 14.4 Å². The zero-order valence-electron chi connectivity index (χ0n) is 18.1. The number of carboxylic acid groups (broad SMARTS) is 1. The van der Waals surface area contributed by atoms with Gasteiger partial charge in [-0.2, -0.15) is 0 Å². The molecule has 0 atom stereocenters. The lowest BCUT2D eigenvalue weighted by atomic mass is 10.1. The Balaban J connectivity index is 1.36. The largest absolute Gasteiger partial charge is 0.494 e. The van der Waals surface area contributed by atoms with E-state index in [0.717, 1.165) is 66.0 Å². The van der Waals surface area contributed by atoms with Gasteiger partial charge in [-0.25, -0.2) is 0 Å². The first-order valence-corrected chi connectivity index (χ1v) is 12.0. The molecule has 1 saturated heterocycles. The van der Waals surface area contributed by atoms with Crippen LogP contribution in [0, 0.1) is 0 Å². The van der Waals surface area contributed by atoms with Crippen molar-refractivity contribution < 1.29 is 24.2 Å². The first-order valence-electron chi connectivity index (χ1n) is 11.1. The molecule has 1 heterocycles. The molecule has 2 amide bonds. The molecule has 0 radical (unpaired) electrons. The van der Waals surface area contributed by atoms with Crippen LogP contribution in [0.4, 0.5) is 4.79 Å². The van der Waals surface area contributed by atoms with Gasteiger partial charge in [-0.3, -0.25) is 19.7 Å². The number of unbranched alkanes of at least 4 members (excludes halogenated alkanes) is 7. The second-order valence-electron chi connectivity index (χ2n) is 7.94. The van der Waals surface area contributed by atoms with E-state index in [1.807, 2.05) is 36.4 Å². The van der Waals surface area contributed by atoms with Gasteiger partial charge in [0.15, 0.2) is 0 Å². The number of benzene rings is 2. The molecule has 7 heteroatoms. The Morgan fingerprint density at radius 2 is 1.56 bits per heavy atom. The van der Waals surface area contributed by atoms with Crippen LogP contribution >= 0.6 is 11.8 Å². The molecule has 2 aromatic rings. The molecule has 6 nitrogen and oxygen atoms in total. The third kappa shape index (κ3) is 7.71. The number of fused-ring (bicyclic) bond motifs is 1. The molecule has 32 heavy (non-hydrogen) atoms. The van der Waals surface area contributed by atoms with E-state index in [2.05, 4.69) is 5.32 Å². The molecule has 2 N–H and O–H groups in total. The van der Waals surface area contributed by atoms with Crippen molar-refractivity contribution in [3.63, 3.8) is 0 Å². The fraction of sp³-hybridized carbons (Fsp3) is 0.400. The summed E-state index contributed by atoms with van der Waals surface area (Å²) in [5.41, 5.74) is 0.875. The van der Waals surface area contributed by atoms with Gasteiger partial charge >= 0.3 is 5.97 Å². The minimum absolute atomic E-state index is 0.283. The second kappa shape index (κ2) is 12.3. The molecule has 1 aliphatic heterocycles. The average molecular weight is 456 g/mol. The zero-order chi connectivity index (χ0) is 22.8. The predicted molar refractivity (Wildman–Crippen MR) is 128 cm³/mol. The third-order valence-electron chi connectivity index (χ3n) is 5.33. The van der Waals surface area contributed by atoms with Crippen molar-refractivity contribution in [2.45, 2.75) is 57.8 Å². The standard InChI is InChI=1S/C25H29NO5S/c27-23(28)9-7-5-3-1-2-4-6-8-14-31-21-13-12-19-15-18(10-11-20(19)17-21)16-22-24(29)26-25(30)32-22/h10-13,15-17H,1-9,14H2,(H,27,28)(H,26,29,30)/b22-16+. The maximum absolute atomic E-state index is 11.7. The van der Waals surface area contributed by atoms with Gasteiger partial charge < -0.3 is 9.84 Å². The summed E-state index contributed by atoms with van der Waals surface area (Å²) in [7, 11) is 0. The first-order chi connectivity index (χ1) is 15.5. The van der Waals surface area contributed by atoms with Crippen molar-refractivity contribution in [2.75, 3.05) is 6.61 Å². The Labute approximate surface area is 192 Å². The molecule has 0 bridgehead atoms. The van der Waals surface area contributed by atoms with E-state index < -0.39 is 5.97 Å². The maximum Gasteiger partial charge on any atom is 0.303 e. The molecule has 170 valence electrons. The Bertz CT molecular complexity index is 1000. The van der Waals surface area contributed by atoms with Crippen LogP contribution in [0.2, 0.25) is 0 Å². The van der Waals surface area contributed by atoms with E-state index >= 15 is 0 Å². The summed E-state index contributed by atoms with van der Waals surface area (Å²) >= 11 is 0.919. The summed E-state index contributed by atoms with van der Waals surface area (Å²) in [5, 5.41) is 12.6. The van der Waals surface area contributed by atoms with Crippen LogP contribution in [0.15, 0.2) is 41.3 Å². The van der Waals surface area contributed by atoms with Gasteiger partial charge in [0, 0.05) is 6.42 Å². The number of ether oxygens (including phenoxy) is 1. The van der Waals surface area contributed by atoms with Gasteiger partial charge in [0.2, 0.25) is 0 Å². The summed E-state index contributed by atoms with van der Waals surface area (Å²) in [6, 6.07) is 11.9. The maximum atomic E-state index is 11.7. The second-order valence-corrected chi connectivity index (χ2v) is 8.96. The molecule has 0 unspecified atom stereocenters. The summed E-state index contributed by atoms with van der Waals surface area (Å²) in [6.45, 7) is 0.689. The molecule has 1 aliphatic rings. The number of amides is 2. The highest BCUT2D eigenvalue weighted by Crippen LogP contribution is 2.28. The lowest BCUT2D eigenvalue weighted by Gasteiger charge is -2.08. The number of hydrogen-bond acceptors (Lipinski definition) is 5. The summed E-state index contributed by atoms with van der Waals surface area (Å²) < 4.78 is 5.90. The number of carboxylic acids is 1. The fourth-order valence-electron chi connectivity index (χ4n) is 3.62. The molecule has 3 rings (SSSR count). The number of rotatable bonds is 13. The van der Waals surface area contributed by atoms with Crippen molar-refractivity contribution in [3.8, 4) is 5.75 Å². The van der Waals surface area contributed by atoms with E-state index in [0.29, 0.717) is 11.5 Å². The van der Waals surface area contributed by atoms with Crippen molar-refractivity contribution >= 4 is 45.7 Å². The van der Waals surface area contributed by atoms with Crippen LogP contribution in [0.25, 0.3) is 16.8 Å². The van der Waals surface area contributed by atoms with Gasteiger partial charge in [0.05, 0.1) is 11.5 Å². The number of aliphatic carboxylic acids is 1. The van der Waals surface area contributed by atoms with E-state index in [4.69, 9.17) is 9.84 Å². The van der Waals surface area contributed by atoms with E-state index in [1.54, 1.807) is 6.08 Å². The molecule has 0 saturated carbocycles. The van der Waals surface area contributed by atoms with Crippen LogP contribution in [-0.2, 0) is 9.59 Å². The summed E-state index contributed by atoms with van der Waals surface area (Å²) in [5.74, 6) is -0.204. The number of carbonyl (C=O) groups excluding carboxylic acids is 2. The summed E-state index contributed by atoms with van der Waals surface area (Å²) in [6.07, 6.45) is 10.6. The zero-order valence-corrected chi connectivity index (χ0v) is 18.9. The molecule has 0 aromatic heterocycles. The number of thioether (sulfide) groups is 1. The Morgan fingerprint density at radius 1 is 0.906 bits per heavy atom. The average Bonchev–Trinajstić information content (AvgIpc) is 3.08. The van der Waals surface area contributed by atoms with Gasteiger partial charge in [-0.05, 0) is 65.2 Å². The van der Waals surface area contributed by atoms with Crippen molar-refractivity contribution in [3.05, 3.63) is 46.9 Å². The van der Waals surface area contributed by atoms with Gasteiger partial charge in [-0.15, -0.1) is 0 Å². The van der Waals surface area contributed by atoms with Gasteiger partial charge in [0.1, 0.15) is 5.75 Å². The quantitative estimate of drug-likeness (QED) is 0.278. The highest BCUT2D eigenvalue weighted by molar-refractivity contribution is 8.18. The Kier molecular flexibility index (Phi) is 9.16. The molecular formula is C25H29NO5S. The highest BCUT2D eigenvalue weighted by atomic mass is 32.2. The van der Waals surface area contributed by atoms with Crippen molar-refractivity contribution in [2.24, 2.45) is 0 Å². The molecule has 2 aromatic carbocycles. The highest BCUT2D eigenvalue weighted by Gasteiger charge is 2.24. The monoisotopic (exact) mass is 455 g/mol. The van der Waals surface area contributed by atoms with Crippen molar-refractivity contribution in [1.29, 1.82) is 0 Å². The smallest absolute Gasteiger partial charge is 0.303 e. The van der Waals surface area contributed by atoms with Crippen molar-refractivity contribution in [1.82, 2.24) is 5.32 Å². The molecule has 0 aliphatic carbocycles. The first kappa shape index (κ1) is 23.9. The van der Waals surface area contributed by atoms with Gasteiger partial charge in [-0.1, -0.05) is 56.7 Å². The van der Waals surface area contributed by atoms with Crippen LogP contribution in [0.1, 0.15) is 63.4 Å². The fourth-order valence-corrected chi connectivity index (χ4v) is 4.31. The SMILES string of the molecule is O=C(O)CCCCCCCCCCOc1ccc2cc(/C=C3/SC(=O)NC3=O)ccc2c1. The molecule has 0 spiro atoms. The topological polar surface area (TPSA) is 92.7 Å². The molecular weight excluding hydrogens is 426 g/mol. The van der Waals surface area contributed by atoms with Crippen LogP contribution in [0.5, 0.6) is 5.75 Å². The van der Waals surface area contributed by atoms with Crippen LogP contribution < -0.4 is 10.1 Å². The lowest BCUT2D eigenvalue weighted by Crippen LogP contribution is -2.17. The van der Waals surface area contributed by atoms with Gasteiger partial charge in [0.25, 0.3) is 11.1 Å². The molecule has 1 fully saturated rings. The van der Waals surface area contributed by atoms with Crippen LogP contribution in [-0.4, -0.2) is 28.8 Å². The number of carbonyl (C=O) groups is 3. The normalized spacial score (nSPS) is 14.8. The number of nitrogens with one attached hydrogen (secondary N) is 1. The minimum atomic E-state index is -0.702. The minimum Gasteiger partial charge on any atom is -0.494 e. The Hall–Kier alpha value is -2.80. The number of hydrogen-bond donors (Lipinski definition) is 2. The Morgan fingerprint density at radius 3 is 2.25 bits per heavy atom. The van der Waals surface area contributed by atoms with E-state index in [-0.39, 0.29) is 17.6 Å². The lowest BCUT2D eigenvalue weighted by molar-refractivity contribution is -0.137. The van der Waals surface area contributed by atoms with Crippen LogP contribution in [0.3, 0.4) is 0 Å².